The molecule has 0 aromatic heterocycles. The molecule has 1 fully saturated rings. The first-order valence-electron chi connectivity index (χ1n) is 6.81. The van der Waals surface area contributed by atoms with E-state index in [1.807, 2.05) is 0 Å². The summed E-state index contributed by atoms with van der Waals surface area (Å²) in [6, 6.07) is -0.108. The summed E-state index contributed by atoms with van der Waals surface area (Å²) in [5, 5.41) is 0. The van der Waals surface area contributed by atoms with Crippen molar-refractivity contribution in [3.05, 3.63) is 0 Å². The van der Waals surface area contributed by atoms with E-state index in [2.05, 4.69) is 25.5 Å². The number of hydrogen-bond donors (Lipinski definition) is 2. The molecular weight excluding hydrogens is 250 g/mol. The third-order valence-electron chi connectivity index (χ3n) is 3.38. The van der Waals surface area contributed by atoms with Gasteiger partial charge in [-0.25, -0.2) is 4.72 Å². The van der Waals surface area contributed by atoms with Gasteiger partial charge in [-0.1, -0.05) is 20.8 Å². The van der Waals surface area contributed by atoms with Crippen LogP contribution in [0.2, 0.25) is 0 Å². The fraction of sp³-hybridized carbons (Fsp3) is 1.00. The molecule has 1 heterocycles. The second kappa shape index (κ2) is 6.84. The Hall–Kier alpha value is -0.170. The third kappa shape index (κ3) is 5.22. The highest BCUT2D eigenvalue weighted by Gasteiger charge is 2.26. The molecule has 0 aliphatic carbocycles. The van der Waals surface area contributed by atoms with Gasteiger partial charge in [0.1, 0.15) is 0 Å². The van der Waals surface area contributed by atoms with Crippen LogP contribution in [0.15, 0.2) is 0 Å². The third-order valence-corrected chi connectivity index (χ3v) is 4.96. The van der Waals surface area contributed by atoms with E-state index in [0.717, 1.165) is 19.3 Å². The first-order chi connectivity index (χ1) is 8.31. The van der Waals surface area contributed by atoms with E-state index >= 15 is 0 Å². The zero-order valence-corrected chi connectivity index (χ0v) is 12.5. The average molecular weight is 277 g/mol. The molecule has 0 amide bonds. The monoisotopic (exact) mass is 277 g/mol. The Balaban J connectivity index is 2.40. The molecule has 5 nitrogen and oxygen atoms in total. The van der Waals surface area contributed by atoms with E-state index in [9.17, 15) is 8.42 Å². The lowest BCUT2D eigenvalue weighted by Gasteiger charge is -2.29. The van der Waals surface area contributed by atoms with Crippen molar-refractivity contribution < 1.29 is 8.42 Å². The number of rotatable bonds is 6. The predicted molar refractivity (Wildman–Crippen MR) is 74.3 cm³/mol. The van der Waals surface area contributed by atoms with Gasteiger partial charge in [0, 0.05) is 25.7 Å². The lowest BCUT2D eigenvalue weighted by Crippen LogP contribution is -2.48. The van der Waals surface area contributed by atoms with Crippen LogP contribution in [0.4, 0.5) is 0 Å². The smallest absolute Gasteiger partial charge is 0.279 e. The first-order valence-corrected chi connectivity index (χ1v) is 8.25. The molecule has 3 N–H and O–H groups in total. The Morgan fingerprint density at radius 3 is 2.39 bits per heavy atom. The molecule has 0 saturated carbocycles. The van der Waals surface area contributed by atoms with Crippen molar-refractivity contribution in [1.29, 1.82) is 0 Å². The Bertz CT molecular complexity index is 335. The van der Waals surface area contributed by atoms with Crippen LogP contribution >= 0.6 is 0 Å². The van der Waals surface area contributed by atoms with Crippen LogP contribution in [0.25, 0.3) is 0 Å². The summed E-state index contributed by atoms with van der Waals surface area (Å²) >= 11 is 0. The molecule has 1 atom stereocenters. The minimum Gasteiger partial charge on any atom is -0.327 e. The molecule has 0 aromatic rings. The van der Waals surface area contributed by atoms with Gasteiger partial charge < -0.3 is 5.73 Å². The summed E-state index contributed by atoms with van der Waals surface area (Å²) in [6.45, 7) is 7.90. The lowest BCUT2D eigenvalue weighted by atomic mass is 10.0. The number of nitrogens with one attached hydrogen (secondary N) is 1. The van der Waals surface area contributed by atoms with Crippen molar-refractivity contribution in [2.75, 3.05) is 19.6 Å². The second-order valence-electron chi connectivity index (χ2n) is 5.82. The number of nitrogens with zero attached hydrogens (tertiary/aromatic N) is 1. The van der Waals surface area contributed by atoms with Crippen LogP contribution in [-0.4, -0.2) is 38.4 Å². The summed E-state index contributed by atoms with van der Waals surface area (Å²) in [5.74, 6) is 1.11. The Labute approximate surface area is 111 Å². The molecule has 0 radical (unpaired) electrons. The van der Waals surface area contributed by atoms with Crippen molar-refractivity contribution >= 4 is 10.2 Å². The first kappa shape index (κ1) is 15.9. The Morgan fingerprint density at radius 2 is 1.89 bits per heavy atom. The van der Waals surface area contributed by atoms with Crippen LogP contribution < -0.4 is 10.5 Å². The highest BCUT2D eigenvalue weighted by atomic mass is 32.2. The van der Waals surface area contributed by atoms with Gasteiger partial charge in [-0.05, 0) is 31.1 Å². The number of piperidine rings is 1. The average Bonchev–Trinajstić information content (AvgIpc) is 2.26. The van der Waals surface area contributed by atoms with E-state index < -0.39 is 10.2 Å². The number of nitrogens with two attached hydrogens (primary N) is 1. The van der Waals surface area contributed by atoms with Gasteiger partial charge in [0.05, 0.1) is 0 Å². The molecule has 0 spiro atoms. The second-order valence-corrected chi connectivity index (χ2v) is 7.58. The van der Waals surface area contributed by atoms with E-state index in [-0.39, 0.29) is 6.04 Å². The van der Waals surface area contributed by atoms with Crippen molar-refractivity contribution in [3.63, 3.8) is 0 Å². The molecule has 1 aliphatic heterocycles. The highest BCUT2D eigenvalue weighted by Crippen LogP contribution is 2.17. The lowest BCUT2D eigenvalue weighted by molar-refractivity contribution is 0.284. The van der Waals surface area contributed by atoms with Gasteiger partial charge >= 0.3 is 0 Å². The zero-order valence-electron chi connectivity index (χ0n) is 11.7. The van der Waals surface area contributed by atoms with Crippen molar-refractivity contribution in [1.82, 2.24) is 9.03 Å². The van der Waals surface area contributed by atoms with Crippen molar-refractivity contribution in [2.45, 2.75) is 46.1 Å². The minimum atomic E-state index is -3.33. The normalized spacial score (nSPS) is 21.4. The van der Waals surface area contributed by atoms with Crippen LogP contribution in [0.1, 0.15) is 40.0 Å². The van der Waals surface area contributed by atoms with E-state index in [1.165, 1.54) is 4.31 Å². The quantitative estimate of drug-likeness (QED) is 0.758. The zero-order chi connectivity index (χ0) is 13.8. The summed E-state index contributed by atoms with van der Waals surface area (Å²) in [6.07, 6.45) is 2.72. The summed E-state index contributed by atoms with van der Waals surface area (Å²) in [7, 11) is -3.33. The maximum Gasteiger partial charge on any atom is 0.279 e. The topological polar surface area (TPSA) is 75.4 Å². The largest absolute Gasteiger partial charge is 0.327 e. The predicted octanol–water partition coefficient (Wildman–Crippen LogP) is 0.926. The van der Waals surface area contributed by atoms with Gasteiger partial charge in [0.25, 0.3) is 10.2 Å². The van der Waals surface area contributed by atoms with Gasteiger partial charge in [0.2, 0.25) is 0 Å². The Morgan fingerprint density at radius 1 is 1.33 bits per heavy atom. The Kier molecular flexibility index (Phi) is 6.04. The van der Waals surface area contributed by atoms with Crippen molar-refractivity contribution in [2.24, 2.45) is 17.6 Å². The van der Waals surface area contributed by atoms with Gasteiger partial charge in [-0.15, -0.1) is 0 Å². The van der Waals surface area contributed by atoms with Crippen molar-refractivity contribution in [3.8, 4) is 0 Å². The van der Waals surface area contributed by atoms with Crippen LogP contribution in [0.3, 0.4) is 0 Å². The standard InChI is InChI=1S/C12H27N3O2S/c1-10(2)8-12(13)9-14-18(16,17)15-6-4-11(3)5-7-15/h10-12,14H,4-9,13H2,1-3H3. The molecule has 1 saturated heterocycles. The summed E-state index contributed by atoms with van der Waals surface area (Å²) in [4.78, 5) is 0. The molecule has 0 bridgehead atoms. The molecule has 1 aliphatic rings. The molecule has 0 aromatic carbocycles. The molecular formula is C12H27N3O2S. The SMILES string of the molecule is CC(C)CC(N)CNS(=O)(=O)N1CCC(C)CC1. The molecule has 6 heteroatoms. The van der Waals surface area contributed by atoms with E-state index in [4.69, 9.17) is 5.73 Å². The van der Waals surface area contributed by atoms with Crippen LogP contribution in [0.5, 0.6) is 0 Å². The summed E-state index contributed by atoms with van der Waals surface area (Å²) in [5.41, 5.74) is 5.89. The molecule has 18 heavy (non-hydrogen) atoms. The fourth-order valence-corrected chi connectivity index (χ4v) is 3.52. The highest BCUT2D eigenvalue weighted by molar-refractivity contribution is 7.87. The van der Waals surface area contributed by atoms with Crippen LogP contribution in [-0.2, 0) is 10.2 Å². The minimum absolute atomic E-state index is 0.108. The van der Waals surface area contributed by atoms with Gasteiger partial charge in [-0.2, -0.15) is 12.7 Å². The summed E-state index contributed by atoms with van der Waals surface area (Å²) < 4.78 is 28.2. The van der Waals surface area contributed by atoms with E-state index in [0.29, 0.717) is 31.5 Å². The van der Waals surface area contributed by atoms with E-state index in [1.54, 1.807) is 0 Å². The fourth-order valence-electron chi connectivity index (χ4n) is 2.22. The molecule has 1 unspecified atom stereocenters. The van der Waals surface area contributed by atoms with Crippen LogP contribution in [0, 0.1) is 11.8 Å². The maximum absolute atomic E-state index is 12.0. The molecule has 1 rings (SSSR count). The number of hydrogen-bond acceptors (Lipinski definition) is 3. The van der Waals surface area contributed by atoms with Gasteiger partial charge in [0.15, 0.2) is 0 Å². The molecule has 108 valence electrons. The maximum atomic E-state index is 12.0. The van der Waals surface area contributed by atoms with Gasteiger partial charge in [-0.3, -0.25) is 0 Å².